The van der Waals surface area contributed by atoms with Crippen molar-refractivity contribution < 1.29 is 4.79 Å². The molecule has 0 atom stereocenters. The van der Waals surface area contributed by atoms with Gasteiger partial charge >= 0.3 is 0 Å². The Balaban J connectivity index is 2.50. The van der Waals surface area contributed by atoms with Crippen LogP contribution in [-0.4, -0.2) is 17.0 Å². The summed E-state index contributed by atoms with van der Waals surface area (Å²) in [4.78, 5) is 10.9. The molecule has 4 nitrogen and oxygen atoms in total. The Hall–Kier alpha value is -1.81. The van der Waals surface area contributed by atoms with E-state index in [1.54, 1.807) is 0 Å². The van der Waals surface area contributed by atoms with Crippen LogP contribution in [0, 0.1) is 0 Å². The van der Waals surface area contributed by atoms with E-state index in [4.69, 9.17) is 11.5 Å². The summed E-state index contributed by atoms with van der Waals surface area (Å²) in [5.41, 5.74) is 14.1. The fourth-order valence-electron chi connectivity index (χ4n) is 2.19. The lowest BCUT2D eigenvalue weighted by molar-refractivity contribution is -0.117. The number of benzene rings is 1. The average Bonchev–Trinajstić information content (AvgIpc) is 2.55. The summed E-state index contributed by atoms with van der Waals surface area (Å²) >= 11 is 0. The third-order valence-corrected chi connectivity index (χ3v) is 2.93. The molecule has 0 saturated heterocycles. The first kappa shape index (κ1) is 11.7. The van der Waals surface area contributed by atoms with Gasteiger partial charge < -0.3 is 16.0 Å². The van der Waals surface area contributed by atoms with Crippen molar-refractivity contribution in [1.82, 2.24) is 4.57 Å². The lowest BCUT2D eigenvalue weighted by Crippen LogP contribution is -2.13. The van der Waals surface area contributed by atoms with Crippen molar-refractivity contribution in [2.45, 2.75) is 12.8 Å². The van der Waals surface area contributed by atoms with Gasteiger partial charge in [-0.25, -0.2) is 0 Å². The average molecular weight is 231 g/mol. The number of amides is 1. The van der Waals surface area contributed by atoms with Gasteiger partial charge in [0.15, 0.2) is 0 Å². The molecule has 1 heterocycles. The van der Waals surface area contributed by atoms with Crippen LogP contribution in [0.1, 0.15) is 11.1 Å². The maximum atomic E-state index is 10.9. The minimum absolute atomic E-state index is 0.285. The van der Waals surface area contributed by atoms with Gasteiger partial charge in [-0.05, 0) is 36.2 Å². The second-order valence-electron chi connectivity index (χ2n) is 4.30. The third kappa shape index (κ3) is 2.31. The molecule has 1 amide bonds. The molecular formula is C13H17N3O. The van der Waals surface area contributed by atoms with E-state index in [2.05, 4.69) is 10.8 Å². The van der Waals surface area contributed by atoms with Crippen molar-refractivity contribution in [1.29, 1.82) is 0 Å². The molecule has 0 aliphatic heterocycles. The van der Waals surface area contributed by atoms with E-state index in [0.29, 0.717) is 6.54 Å². The van der Waals surface area contributed by atoms with Gasteiger partial charge in [-0.1, -0.05) is 6.07 Å². The predicted octanol–water partition coefficient (Wildman–Crippen LogP) is 0.707. The minimum atomic E-state index is -0.305. The van der Waals surface area contributed by atoms with Crippen LogP contribution in [0.3, 0.4) is 0 Å². The van der Waals surface area contributed by atoms with Crippen molar-refractivity contribution >= 4 is 16.8 Å². The molecule has 90 valence electrons. The number of fused-ring (bicyclic) bond motifs is 1. The first-order chi connectivity index (χ1) is 8.11. The zero-order valence-electron chi connectivity index (χ0n) is 9.94. The number of nitrogens with zero attached hydrogens (tertiary/aromatic N) is 1. The van der Waals surface area contributed by atoms with Crippen LogP contribution < -0.4 is 11.5 Å². The Kier molecular flexibility index (Phi) is 3.15. The first-order valence-electron chi connectivity index (χ1n) is 5.67. The Labute approximate surface area is 100 Å². The Morgan fingerprint density at radius 3 is 2.82 bits per heavy atom. The molecule has 0 saturated carbocycles. The van der Waals surface area contributed by atoms with Crippen LogP contribution >= 0.6 is 0 Å². The van der Waals surface area contributed by atoms with E-state index in [0.717, 1.165) is 22.9 Å². The van der Waals surface area contributed by atoms with E-state index in [1.807, 2.05) is 25.2 Å². The highest BCUT2D eigenvalue weighted by Gasteiger charge is 2.07. The van der Waals surface area contributed by atoms with Gasteiger partial charge in [-0.3, -0.25) is 4.79 Å². The molecule has 0 radical (unpaired) electrons. The number of rotatable bonds is 4. The van der Waals surface area contributed by atoms with Gasteiger partial charge in [0.1, 0.15) is 0 Å². The normalized spacial score (nSPS) is 10.9. The minimum Gasteiger partial charge on any atom is -0.369 e. The molecule has 0 bridgehead atoms. The smallest absolute Gasteiger partial charge is 0.221 e. The summed E-state index contributed by atoms with van der Waals surface area (Å²) in [6.07, 6.45) is 3.22. The molecule has 4 heteroatoms. The summed E-state index contributed by atoms with van der Waals surface area (Å²) in [6.45, 7) is 0.624. The molecule has 0 aliphatic rings. The van der Waals surface area contributed by atoms with Gasteiger partial charge in [-0.2, -0.15) is 0 Å². The zero-order chi connectivity index (χ0) is 12.4. The van der Waals surface area contributed by atoms with Crippen molar-refractivity contribution in [3.8, 4) is 0 Å². The molecule has 4 N–H and O–H groups in total. The van der Waals surface area contributed by atoms with Crippen molar-refractivity contribution in [3.05, 3.63) is 35.5 Å². The summed E-state index contributed by atoms with van der Waals surface area (Å²) in [5, 5.41) is 1.16. The van der Waals surface area contributed by atoms with Crippen molar-refractivity contribution in [3.63, 3.8) is 0 Å². The molecule has 0 spiro atoms. The molecule has 0 unspecified atom stereocenters. The second-order valence-corrected chi connectivity index (χ2v) is 4.30. The monoisotopic (exact) mass is 231 g/mol. The molecule has 2 aromatic rings. The summed E-state index contributed by atoms with van der Waals surface area (Å²) in [5.74, 6) is -0.305. The molecular weight excluding hydrogens is 214 g/mol. The van der Waals surface area contributed by atoms with Crippen molar-refractivity contribution in [2.75, 3.05) is 6.54 Å². The van der Waals surface area contributed by atoms with Crippen LogP contribution in [0.4, 0.5) is 0 Å². The number of hydrogen-bond donors (Lipinski definition) is 2. The number of nitrogens with two attached hydrogens (primary N) is 2. The van der Waals surface area contributed by atoms with E-state index < -0.39 is 0 Å². The lowest BCUT2D eigenvalue weighted by atomic mass is 10.1. The largest absolute Gasteiger partial charge is 0.369 e. The van der Waals surface area contributed by atoms with E-state index in [-0.39, 0.29) is 12.3 Å². The topological polar surface area (TPSA) is 74.0 Å². The van der Waals surface area contributed by atoms with Crippen LogP contribution in [0.25, 0.3) is 10.9 Å². The first-order valence-corrected chi connectivity index (χ1v) is 5.67. The number of hydrogen-bond acceptors (Lipinski definition) is 2. The Bertz CT molecular complexity index is 557. The molecule has 2 rings (SSSR count). The Morgan fingerprint density at radius 2 is 2.18 bits per heavy atom. The fraction of sp³-hybridized carbons (Fsp3) is 0.308. The summed E-state index contributed by atoms with van der Waals surface area (Å²) in [7, 11) is 2.01. The zero-order valence-corrected chi connectivity index (χ0v) is 9.94. The molecule has 1 aromatic carbocycles. The van der Waals surface area contributed by atoms with Crippen LogP contribution in [0.5, 0.6) is 0 Å². The maximum absolute atomic E-state index is 10.9. The number of aryl methyl sites for hydroxylation is 1. The van der Waals surface area contributed by atoms with Crippen molar-refractivity contribution in [2.24, 2.45) is 18.5 Å². The Morgan fingerprint density at radius 1 is 1.41 bits per heavy atom. The van der Waals surface area contributed by atoms with E-state index >= 15 is 0 Å². The summed E-state index contributed by atoms with van der Waals surface area (Å²) in [6, 6.07) is 6.00. The number of carbonyl (C=O) groups excluding carboxylic acids is 1. The SMILES string of the molecule is Cn1cc(CCN)c2cc(CC(N)=O)ccc21. The van der Waals surface area contributed by atoms with Gasteiger partial charge in [0.05, 0.1) is 6.42 Å². The molecule has 17 heavy (non-hydrogen) atoms. The van der Waals surface area contributed by atoms with E-state index in [9.17, 15) is 4.79 Å². The molecule has 0 fully saturated rings. The van der Waals surface area contributed by atoms with Gasteiger partial charge in [-0.15, -0.1) is 0 Å². The predicted molar refractivity (Wildman–Crippen MR) is 68.6 cm³/mol. The standard InChI is InChI=1S/C13H17N3O/c1-16-8-10(4-5-14)11-6-9(7-13(15)17)2-3-12(11)16/h2-3,6,8H,4-5,7,14H2,1H3,(H2,15,17). The number of carbonyl (C=O) groups is 1. The maximum Gasteiger partial charge on any atom is 0.221 e. The highest BCUT2D eigenvalue weighted by Crippen LogP contribution is 2.22. The molecule has 1 aromatic heterocycles. The van der Waals surface area contributed by atoms with Crippen LogP contribution in [-0.2, 0) is 24.7 Å². The quantitative estimate of drug-likeness (QED) is 0.813. The van der Waals surface area contributed by atoms with Gasteiger partial charge in [0.25, 0.3) is 0 Å². The van der Waals surface area contributed by atoms with Gasteiger partial charge in [0, 0.05) is 24.1 Å². The lowest BCUT2D eigenvalue weighted by Gasteiger charge is -2.01. The number of primary amides is 1. The highest BCUT2D eigenvalue weighted by atomic mass is 16.1. The van der Waals surface area contributed by atoms with Crippen LogP contribution in [0.15, 0.2) is 24.4 Å². The fourth-order valence-corrected chi connectivity index (χ4v) is 2.19. The van der Waals surface area contributed by atoms with Crippen LogP contribution in [0.2, 0.25) is 0 Å². The molecule has 0 aliphatic carbocycles. The third-order valence-electron chi connectivity index (χ3n) is 2.93. The summed E-state index contributed by atoms with van der Waals surface area (Å²) < 4.78 is 2.08. The van der Waals surface area contributed by atoms with E-state index in [1.165, 1.54) is 5.56 Å². The second kappa shape index (κ2) is 4.59. The van der Waals surface area contributed by atoms with Gasteiger partial charge in [0.2, 0.25) is 5.91 Å². The number of aromatic nitrogens is 1. The highest BCUT2D eigenvalue weighted by molar-refractivity contribution is 5.86.